The molecule has 0 unspecified atom stereocenters. The van der Waals surface area contributed by atoms with Crippen molar-refractivity contribution in [2.45, 2.75) is 13.3 Å². The molecule has 2 aromatic rings. The summed E-state index contributed by atoms with van der Waals surface area (Å²) in [5, 5.41) is 6.61. The van der Waals surface area contributed by atoms with Crippen molar-refractivity contribution in [1.29, 1.82) is 0 Å². The van der Waals surface area contributed by atoms with E-state index in [4.69, 9.17) is 0 Å². The number of hydrogen-bond donors (Lipinski definition) is 2. The summed E-state index contributed by atoms with van der Waals surface area (Å²) in [5.41, 5.74) is 2.20. The Morgan fingerprint density at radius 3 is 2.64 bits per heavy atom. The molecule has 22 heavy (non-hydrogen) atoms. The standard InChI is InChI=1S/C16H22BrN5/c1-12-5-6-13(9-14(12)17)21-16-10-15(19-11-20-16)18-7-4-8-22(2)3/h5-6,9-11H,4,7-8H2,1-3H3,(H2,18,19,20,21). The number of rotatable bonds is 7. The van der Waals surface area contributed by atoms with Gasteiger partial charge in [0.05, 0.1) is 0 Å². The van der Waals surface area contributed by atoms with E-state index in [1.54, 1.807) is 6.33 Å². The summed E-state index contributed by atoms with van der Waals surface area (Å²) in [4.78, 5) is 10.7. The van der Waals surface area contributed by atoms with Crippen LogP contribution in [0.4, 0.5) is 17.3 Å². The lowest BCUT2D eigenvalue weighted by atomic mass is 10.2. The van der Waals surface area contributed by atoms with Crippen molar-refractivity contribution in [2.24, 2.45) is 0 Å². The first-order chi connectivity index (χ1) is 10.5. The zero-order valence-electron chi connectivity index (χ0n) is 13.2. The summed E-state index contributed by atoms with van der Waals surface area (Å²) >= 11 is 3.54. The van der Waals surface area contributed by atoms with Gasteiger partial charge >= 0.3 is 0 Å². The average Bonchev–Trinajstić information content (AvgIpc) is 2.48. The molecule has 0 aliphatic rings. The molecular weight excluding hydrogens is 342 g/mol. The Balaban J connectivity index is 1.94. The molecule has 1 aromatic carbocycles. The fourth-order valence-electron chi connectivity index (χ4n) is 1.95. The highest BCUT2D eigenvalue weighted by atomic mass is 79.9. The van der Waals surface area contributed by atoms with Gasteiger partial charge in [-0.15, -0.1) is 0 Å². The van der Waals surface area contributed by atoms with Gasteiger partial charge in [0.25, 0.3) is 0 Å². The first-order valence-corrected chi connectivity index (χ1v) is 8.08. The summed E-state index contributed by atoms with van der Waals surface area (Å²) in [6.07, 6.45) is 2.64. The van der Waals surface area contributed by atoms with Gasteiger partial charge in [-0.3, -0.25) is 0 Å². The minimum atomic E-state index is 0.779. The molecule has 0 radical (unpaired) electrons. The smallest absolute Gasteiger partial charge is 0.135 e. The summed E-state index contributed by atoms with van der Waals surface area (Å²) in [5.74, 6) is 1.61. The van der Waals surface area contributed by atoms with Crippen LogP contribution in [0.1, 0.15) is 12.0 Å². The zero-order chi connectivity index (χ0) is 15.9. The molecular formula is C16H22BrN5. The molecule has 5 nitrogen and oxygen atoms in total. The van der Waals surface area contributed by atoms with Gasteiger partial charge in [0.1, 0.15) is 18.0 Å². The number of aryl methyl sites for hydroxylation is 1. The molecule has 0 saturated heterocycles. The predicted octanol–water partition coefficient (Wildman–Crippen LogP) is 3.65. The molecule has 0 bridgehead atoms. The first-order valence-electron chi connectivity index (χ1n) is 7.28. The molecule has 118 valence electrons. The summed E-state index contributed by atoms with van der Waals surface area (Å²) < 4.78 is 1.08. The van der Waals surface area contributed by atoms with E-state index >= 15 is 0 Å². The zero-order valence-corrected chi connectivity index (χ0v) is 14.8. The number of hydrogen-bond acceptors (Lipinski definition) is 5. The van der Waals surface area contributed by atoms with Gasteiger partial charge in [-0.25, -0.2) is 9.97 Å². The number of anilines is 3. The normalized spacial score (nSPS) is 10.8. The Morgan fingerprint density at radius 1 is 1.14 bits per heavy atom. The summed E-state index contributed by atoms with van der Waals surface area (Å²) in [7, 11) is 4.15. The number of benzene rings is 1. The minimum absolute atomic E-state index is 0.779. The summed E-state index contributed by atoms with van der Waals surface area (Å²) in [6, 6.07) is 8.06. The number of nitrogens with zero attached hydrogens (tertiary/aromatic N) is 3. The maximum Gasteiger partial charge on any atom is 0.135 e. The van der Waals surface area contributed by atoms with Gasteiger partial charge in [-0.1, -0.05) is 22.0 Å². The maximum absolute atomic E-state index is 4.26. The Hall–Kier alpha value is -1.66. The van der Waals surface area contributed by atoms with Crippen molar-refractivity contribution < 1.29 is 0 Å². The molecule has 2 N–H and O–H groups in total. The number of nitrogens with one attached hydrogen (secondary N) is 2. The number of halogens is 1. The number of aromatic nitrogens is 2. The Labute approximate surface area is 140 Å². The van der Waals surface area contributed by atoms with E-state index in [1.165, 1.54) is 5.56 Å². The molecule has 2 rings (SSSR count). The van der Waals surface area contributed by atoms with Crippen molar-refractivity contribution >= 4 is 33.3 Å². The monoisotopic (exact) mass is 363 g/mol. The van der Waals surface area contributed by atoms with Crippen LogP contribution in [0.5, 0.6) is 0 Å². The molecule has 0 fully saturated rings. The second-order valence-electron chi connectivity index (χ2n) is 5.46. The van der Waals surface area contributed by atoms with Crippen molar-refractivity contribution in [2.75, 3.05) is 37.8 Å². The quantitative estimate of drug-likeness (QED) is 0.735. The molecule has 0 saturated carbocycles. The third-order valence-electron chi connectivity index (χ3n) is 3.20. The average molecular weight is 364 g/mol. The van der Waals surface area contributed by atoms with Crippen LogP contribution in [0, 0.1) is 6.92 Å². The lowest BCUT2D eigenvalue weighted by Gasteiger charge is -2.11. The molecule has 6 heteroatoms. The van der Waals surface area contributed by atoms with E-state index < -0.39 is 0 Å². The molecule has 0 amide bonds. The van der Waals surface area contributed by atoms with Crippen LogP contribution in [0.2, 0.25) is 0 Å². The topological polar surface area (TPSA) is 53.1 Å². The van der Waals surface area contributed by atoms with Gasteiger partial charge < -0.3 is 15.5 Å². The van der Waals surface area contributed by atoms with Gasteiger partial charge in [-0.2, -0.15) is 0 Å². The van der Waals surface area contributed by atoms with Gasteiger partial charge in [-0.05, 0) is 51.7 Å². The third kappa shape index (κ3) is 5.27. The van der Waals surface area contributed by atoms with Crippen LogP contribution >= 0.6 is 15.9 Å². The lowest BCUT2D eigenvalue weighted by molar-refractivity contribution is 0.405. The highest BCUT2D eigenvalue weighted by Crippen LogP contribution is 2.23. The molecule has 0 aliphatic carbocycles. The molecule has 1 heterocycles. The second kappa shape index (κ2) is 8.10. The van der Waals surface area contributed by atoms with E-state index in [1.807, 2.05) is 18.2 Å². The molecule has 0 spiro atoms. The molecule has 0 atom stereocenters. The third-order valence-corrected chi connectivity index (χ3v) is 4.05. The van der Waals surface area contributed by atoms with E-state index in [0.29, 0.717) is 0 Å². The SMILES string of the molecule is Cc1ccc(Nc2cc(NCCCN(C)C)ncn2)cc1Br. The predicted molar refractivity (Wildman–Crippen MR) is 95.9 cm³/mol. The fourth-order valence-corrected chi connectivity index (χ4v) is 2.33. The van der Waals surface area contributed by atoms with Gasteiger partial charge in [0.15, 0.2) is 0 Å². The molecule has 1 aromatic heterocycles. The minimum Gasteiger partial charge on any atom is -0.370 e. The van der Waals surface area contributed by atoms with E-state index in [9.17, 15) is 0 Å². The van der Waals surface area contributed by atoms with E-state index in [2.05, 4.69) is 68.5 Å². The Bertz CT molecular complexity index is 615. The lowest BCUT2D eigenvalue weighted by Crippen LogP contribution is -2.16. The van der Waals surface area contributed by atoms with Crippen molar-refractivity contribution in [3.05, 3.63) is 40.6 Å². The van der Waals surface area contributed by atoms with Crippen LogP contribution < -0.4 is 10.6 Å². The maximum atomic E-state index is 4.26. The second-order valence-corrected chi connectivity index (χ2v) is 6.32. The van der Waals surface area contributed by atoms with E-state index in [-0.39, 0.29) is 0 Å². The molecule has 0 aliphatic heterocycles. The Morgan fingerprint density at radius 2 is 1.91 bits per heavy atom. The highest BCUT2D eigenvalue weighted by molar-refractivity contribution is 9.10. The van der Waals surface area contributed by atoms with Crippen LogP contribution in [0.3, 0.4) is 0 Å². The first kappa shape index (κ1) is 16.7. The van der Waals surface area contributed by atoms with Crippen LogP contribution in [0.25, 0.3) is 0 Å². The van der Waals surface area contributed by atoms with Crippen LogP contribution in [0.15, 0.2) is 35.1 Å². The largest absolute Gasteiger partial charge is 0.370 e. The highest BCUT2D eigenvalue weighted by Gasteiger charge is 2.01. The fraction of sp³-hybridized carbons (Fsp3) is 0.375. The van der Waals surface area contributed by atoms with Crippen molar-refractivity contribution in [1.82, 2.24) is 14.9 Å². The van der Waals surface area contributed by atoms with E-state index in [0.717, 1.165) is 41.3 Å². The van der Waals surface area contributed by atoms with Crippen molar-refractivity contribution in [3.8, 4) is 0 Å². The van der Waals surface area contributed by atoms with Crippen LogP contribution in [-0.2, 0) is 0 Å². The van der Waals surface area contributed by atoms with Gasteiger partial charge in [0, 0.05) is 22.8 Å². The van der Waals surface area contributed by atoms with Crippen LogP contribution in [-0.4, -0.2) is 42.1 Å². The van der Waals surface area contributed by atoms with Crippen molar-refractivity contribution in [3.63, 3.8) is 0 Å². The Kier molecular flexibility index (Phi) is 6.15. The summed E-state index contributed by atoms with van der Waals surface area (Å²) in [6.45, 7) is 4.01. The van der Waals surface area contributed by atoms with Gasteiger partial charge in [0.2, 0.25) is 0 Å².